The largest absolute Gasteiger partial charge is 0.465 e. The molecule has 0 spiro atoms. The number of hydrogen-bond donors (Lipinski definition) is 0. The number of rotatable bonds is 16. The molecule has 168 valence electrons. The lowest BCUT2D eigenvalue weighted by atomic mass is 10.1. The third-order valence-corrected chi connectivity index (χ3v) is 4.82. The summed E-state index contributed by atoms with van der Waals surface area (Å²) in [7, 11) is 0. The lowest BCUT2D eigenvalue weighted by Crippen LogP contribution is -2.08. The maximum absolute atomic E-state index is 12.1. The Kier molecular flexibility index (Phi) is 12.6. The van der Waals surface area contributed by atoms with Gasteiger partial charge in [-0.25, -0.2) is 4.98 Å². The summed E-state index contributed by atoms with van der Waals surface area (Å²) in [5, 5.41) is 0. The van der Waals surface area contributed by atoms with Crippen molar-refractivity contribution in [3.05, 3.63) is 73.1 Å². The summed E-state index contributed by atoms with van der Waals surface area (Å²) < 4.78 is 12.5. The van der Waals surface area contributed by atoms with Crippen LogP contribution in [0.1, 0.15) is 81.7 Å². The van der Waals surface area contributed by atoms with E-state index in [0.29, 0.717) is 12.6 Å². The van der Waals surface area contributed by atoms with Crippen LogP contribution < -0.4 is 4.74 Å². The second-order valence-electron chi connectivity index (χ2n) is 7.45. The fourth-order valence-electron chi connectivity index (χ4n) is 3.09. The monoisotopic (exact) mass is 424 g/mol. The first-order valence-electron chi connectivity index (χ1n) is 11.5. The highest BCUT2D eigenvalue weighted by atomic mass is 16.6. The normalized spacial score (nSPS) is 11.9. The Bertz CT molecular complexity index is 800. The van der Waals surface area contributed by atoms with E-state index in [9.17, 15) is 4.79 Å². The predicted octanol–water partition coefficient (Wildman–Crippen LogP) is 7.13. The Balaban J connectivity index is 1.41. The number of furan rings is 1. The van der Waals surface area contributed by atoms with E-state index in [0.717, 1.165) is 32.1 Å². The van der Waals surface area contributed by atoms with E-state index in [4.69, 9.17) is 9.15 Å². The van der Waals surface area contributed by atoms with Crippen LogP contribution in [0, 0.1) is 0 Å². The van der Waals surface area contributed by atoms with Crippen molar-refractivity contribution >= 4 is 5.91 Å². The molecule has 0 aromatic carbocycles. The summed E-state index contributed by atoms with van der Waals surface area (Å²) in [5.74, 6) is 0.392. The Morgan fingerprint density at radius 1 is 0.968 bits per heavy atom. The molecule has 0 unspecified atom stereocenters. The molecule has 0 saturated heterocycles. The number of carbonyl (C=O) groups is 1. The molecule has 0 aliphatic heterocycles. The number of carbonyl (C=O) groups excluding carboxylic acids is 1. The summed E-state index contributed by atoms with van der Waals surface area (Å²) in [4.78, 5) is 16.0. The number of imidazole rings is 1. The molecule has 2 rings (SSSR count). The van der Waals surface area contributed by atoms with E-state index < -0.39 is 0 Å². The lowest BCUT2D eigenvalue weighted by Gasteiger charge is -2.03. The zero-order valence-electron chi connectivity index (χ0n) is 18.7. The average molecular weight is 425 g/mol. The quantitative estimate of drug-likeness (QED) is 0.212. The molecule has 0 aliphatic rings. The van der Waals surface area contributed by atoms with E-state index in [1.807, 2.05) is 0 Å². The van der Waals surface area contributed by atoms with Crippen molar-refractivity contribution in [1.82, 2.24) is 9.55 Å². The van der Waals surface area contributed by atoms with E-state index >= 15 is 0 Å². The molecule has 0 fully saturated rings. The minimum atomic E-state index is -0.251. The first kappa shape index (κ1) is 24.4. The van der Waals surface area contributed by atoms with E-state index in [1.54, 1.807) is 24.5 Å². The predicted molar refractivity (Wildman–Crippen MR) is 125 cm³/mol. The standard InChI is InChI=1S/C26H36N2O3/c1-2-3-4-5-6-7-8-9-10-11-12-13-14-15-16-17-22-30-25-19-18-24(31-25)26(29)28-21-20-27-23-28/h3-4,6-7,9-10,18-21,23H,2,5,8,11-17,22H2,1H3/b4-3+,7-6+,10-9+. The molecule has 0 bridgehead atoms. The molecule has 0 N–H and O–H groups in total. The first-order chi connectivity index (χ1) is 15.3. The second-order valence-corrected chi connectivity index (χ2v) is 7.45. The maximum Gasteiger partial charge on any atom is 0.298 e. The molecular formula is C26H36N2O3. The van der Waals surface area contributed by atoms with Crippen molar-refractivity contribution in [3.8, 4) is 5.95 Å². The van der Waals surface area contributed by atoms with Crippen LogP contribution in [-0.2, 0) is 0 Å². The smallest absolute Gasteiger partial charge is 0.298 e. The topological polar surface area (TPSA) is 57.3 Å². The van der Waals surface area contributed by atoms with Gasteiger partial charge in [0.1, 0.15) is 6.33 Å². The SMILES string of the molecule is CC/C=C/C/C=C/C/C=C/CCCCCCCCOc1ccc(C(=O)n2ccnc2)o1. The molecule has 0 amide bonds. The number of nitrogens with zero attached hydrogens (tertiary/aromatic N) is 2. The molecule has 0 saturated carbocycles. The lowest BCUT2D eigenvalue weighted by molar-refractivity contribution is 0.0923. The molecular weight excluding hydrogens is 388 g/mol. The van der Waals surface area contributed by atoms with Crippen LogP contribution in [0.3, 0.4) is 0 Å². The zero-order chi connectivity index (χ0) is 22.0. The van der Waals surface area contributed by atoms with E-state index in [2.05, 4.69) is 48.4 Å². The average Bonchev–Trinajstić information content (AvgIpc) is 3.48. The van der Waals surface area contributed by atoms with Crippen molar-refractivity contribution < 1.29 is 13.9 Å². The summed E-state index contributed by atoms with van der Waals surface area (Å²) in [6.45, 7) is 2.77. The van der Waals surface area contributed by atoms with Gasteiger partial charge in [0.25, 0.3) is 11.9 Å². The van der Waals surface area contributed by atoms with Crippen molar-refractivity contribution in [1.29, 1.82) is 0 Å². The Labute approximate surface area is 186 Å². The number of hydrogen-bond acceptors (Lipinski definition) is 4. The maximum atomic E-state index is 12.1. The summed E-state index contributed by atoms with van der Waals surface area (Å²) >= 11 is 0. The summed E-state index contributed by atoms with van der Waals surface area (Å²) in [6.07, 6.45) is 29.6. The van der Waals surface area contributed by atoms with Crippen molar-refractivity contribution in [2.45, 2.75) is 71.1 Å². The van der Waals surface area contributed by atoms with Crippen LogP contribution in [0.4, 0.5) is 0 Å². The Hall–Kier alpha value is -2.82. The van der Waals surface area contributed by atoms with Gasteiger partial charge < -0.3 is 9.15 Å². The highest BCUT2D eigenvalue weighted by molar-refractivity contribution is 5.93. The number of allylic oxidation sites excluding steroid dienone is 6. The van der Waals surface area contributed by atoms with Gasteiger partial charge in [-0.2, -0.15) is 0 Å². The third kappa shape index (κ3) is 10.7. The van der Waals surface area contributed by atoms with Crippen LogP contribution in [0.15, 0.2) is 71.7 Å². The minimum absolute atomic E-state index is 0.251. The van der Waals surface area contributed by atoms with Crippen LogP contribution in [0.2, 0.25) is 0 Å². The van der Waals surface area contributed by atoms with Gasteiger partial charge in [0, 0.05) is 18.5 Å². The highest BCUT2D eigenvalue weighted by Crippen LogP contribution is 2.17. The second kappa shape index (κ2) is 15.9. The number of ether oxygens (including phenoxy) is 1. The van der Waals surface area contributed by atoms with Crippen LogP contribution >= 0.6 is 0 Å². The van der Waals surface area contributed by atoms with Gasteiger partial charge in [-0.05, 0) is 44.6 Å². The zero-order valence-corrected chi connectivity index (χ0v) is 18.7. The van der Waals surface area contributed by atoms with Crippen LogP contribution in [0.25, 0.3) is 0 Å². The van der Waals surface area contributed by atoms with E-state index in [-0.39, 0.29) is 11.7 Å². The fourth-order valence-corrected chi connectivity index (χ4v) is 3.09. The molecule has 2 aromatic rings. The number of unbranched alkanes of at least 4 members (excludes halogenated alkanes) is 6. The van der Waals surface area contributed by atoms with E-state index in [1.165, 1.54) is 43.0 Å². The third-order valence-electron chi connectivity index (χ3n) is 4.82. The Morgan fingerprint density at radius 3 is 2.42 bits per heavy atom. The van der Waals surface area contributed by atoms with Crippen LogP contribution in [-0.4, -0.2) is 22.1 Å². The van der Waals surface area contributed by atoms with Gasteiger partial charge in [0.15, 0.2) is 5.76 Å². The summed E-state index contributed by atoms with van der Waals surface area (Å²) in [5.41, 5.74) is 0. The van der Waals surface area contributed by atoms with Gasteiger partial charge >= 0.3 is 0 Å². The molecule has 0 radical (unpaired) electrons. The molecule has 2 heterocycles. The van der Waals surface area contributed by atoms with Gasteiger partial charge in [-0.1, -0.05) is 69.1 Å². The van der Waals surface area contributed by atoms with Gasteiger partial charge in [0.2, 0.25) is 0 Å². The number of aromatic nitrogens is 2. The van der Waals surface area contributed by atoms with Crippen LogP contribution in [0.5, 0.6) is 5.95 Å². The molecule has 0 aliphatic carbocycles. The summed E-state index contributed by atoms with van der Waals surface area (Å²) in [6, 6.07) is 3.32. The molecule has 31 heavy (non-hydrogen) atoms. The van der Waals surface area contributed by atoms with Gasteiger partial charge in [-0.3, -0.25) is 9.36 Å². The van der Waals surface area contributed by atoms with Gasteiger partial charge in [0.05, 0.1) is 6.61 Å². The highest BCUT2D eigenvalue weighted by Gasteiger charge is 2.13. The Morgan fingerprint density at radius 2 is 1.68 bits per heavy atom. The molecule has 5 heteroatoms. The minimum Gasteiger partial charge on any atom is -0.465 e. The first-order valence-corrected chi connectivity index (χ1v) is 11.5. The molecule has 2 aromatic heterocycles. The fraction of sp³-hybridized carbons (Fsp3) is 0.462. The van der Waals surface area contributed by atoms with Gasteiger partial charge in [-0.15, -0.1) is 0 Å². The van der Waals surface area contributed by atoms with Crippen molar-refractivity contribution in [2.24, 2.45) is 0 Å². The van der Waals surface area contributed by atoms with Crippen molar-refractivity contribution in [3.63, 3.8) is 0 Å². The van der Waals surface area contributed by atoms with Crippen molar-refractivity contribution in [2.75, 3.05) is 6.61 Å². The molecule has 0 atom stereocenters. The molecule has 5 nitrogen and oxygen atoms in total.